The van der Waals surface area contributed by atoms with Gasteiger partial charge in [0.25, 0.3) is 5.82 Å². The fraction of sp³-hybridized carbons (Fsp3) is 0.385. The molecule has 0 amide bonds. The van der Waals surface area contributed by atoms with E-state index in [1.54, 1.807) is 18.6 Å². The fourth-order valence-electron chi connectivity index (χ4n) is 2.69. The predicted molar refractivity (Wildman–Crippen MR) is 73.7 cm³/mol. The summed E-state index contributed by atoms with van der Waals surface area (Å²) in [6.45, 7) is 2.31. The SMILES string of the molecule is FC(F)(F)c1nnc2ccc(N3CC(Cn4ccnc4)C3)nn12. The molecule has 120 valence electrons. The molecule has 0 radical (unpaired) electrons. The monoisotopic (exact) mass is 323 g/mol. The number of aromatic nitrogens is 6. The Morgan fingerprint density at radius 2 is 2.00 bits per heavy atom. The number of imidazole rings is 1. The third kappa shape index (κ3) is 2.49. The standard InChI is InChI=1S/C13H12F3N7/c14-13(15,16)12-19-18-10-1-2-11(20-23(10)12)22-6-9(7-22)5-21-4-3-17-8-21/h1-4,8-9H,5-7H2. The maximum atomic E-state index is 12.9. The molecule has 1 aliphatic rings. The smallest absolute Gasteiger partial charge is 0.354 e. The van der Waals surface area contributed by atoms with E-state index >= 15 is 0 Å². The van der Waals surface area contributed by atoms with Crippen molar-refractivity contribution in [2.75, 3.05) is 18.0 Å². The molecule has 4 heterocycles. The minimum absolute atomic E-state index is 0.0802. The van der Waals surface area contributed by atoms with E-state index in [1.165, 1.54) is 6.07 Å². The molecule has 1 fully saturated rings. The molecule has 0 aromatic carbocycles. The van der Waals surface area contributed by atoms with Crippen molar-refractivity contribution in [3.63, 3.8) is 0 Å². The Balaban J connectivity index is 1.52. The lowest BCUT2D eigenvalue weighted by molar-refractivity contribution is -0.146. The summed E-state index contributed by atoms with van der Waals surface area (Å²) in [6.07, 6.45) is 0.778. The molecule has 23 heavy (non-hydrogen) atoms. The molecule has 0 atom stereocenters. The predicted octanol–water partition coefficient (Wildman–Crippen LogP) is 1.48. The number of hydrogen-bond donors (Lipinski definition) is 0. The van der Waals surface area contributed by atoms with Gasteiger partial charge >= 0.3 is 6.18 Å². The number of fused-ring (bicyclic) bond motifs is 1. The van der Waals surface area contributed by atoms with Crippen LogP contribution in [0.15, 0.2) is 30.9 Å². The zero-order valence-electron chi connectivity index (χ0n) is 11.8. The summed E-state index contributed by atoms with van der Waals surface area (Å²) in [7, 11) is 0. The van der Waals surface area contributed by atoms with E-state index < -0.39 is 12.0 Å². The normalized spacial score (nSPS) is 16.0. The molecule has 0 bridgehead atoms. The van der Waals surface area contributed by atoms with Gasteiger partial charge in [0.05, 0.1) is 6.33 Å². The molecule has 0 unspecified atom stereocenters. The highest BCUT2D eigenvalue weighted by Crippen LogP contribution is 2.29. The topological polar surface area (TPSA) is 64.1 Å². The number of alkyl halides is 3. The largest absolute Gasteiger partial charge is 0.453 e. The zero-order chi connectivity index (χ0) is 16.0. The highest BCUT2D eigenvalue weighted by atomic mass is 19.4. The Morgan fingerprint density at radius 3 is 2.70 bits per heavy atom. The first kappa shape index (κ1) is 14.0. The van der Waals surface area contributed by atoms with E-state index in [0.29, 0.717) is 11.7 Å². The molecular weight excluding hydrogens is 311 g/mol. The summed E-state index contributed by atoms with van der Waals surface area (Å²) < 4.78 is 41.3. The quantitative estimate of drug-likeness (QED) is 0.730. The zero-order valence-corrected chi connectivity index (χ0v) is 11.8. The average molecular weight is 323 g/mol. The van der Waals surface area contributed by atoms with Gasteiger partial charge in [-0.25, -0.2) is 4.98 Å². The van der Waals surface area contributed by atoms with Crippen LogP contribution in [-0.4, -0.2) is 42.5 Å². The van der Waals surface area contributed by atoms with E-state index in [1.807, 2.05) is 15.7 Å². The van der Waals surface area contributed by atoms with Gasteiger partial charge < -0.3 is 9.47 Å². The highest BCUT2D eigenvalue weighted by Gasteiger charge is 2.38. The van der Waals surface area contributed by atoms with Crippen molar-refractivity contribution in [3.8, 4) is 0 Å². The third-order valence-electron chi connectivity index (χ3n) is 3.81. The number of nitrogens with zero attached hydrogens (tertiary/aromatic N) is 7. The molecule has 3 aromatic rings. The van der Waals surface area contributed by atoms with E-state index in [-0.39, 0.29) is 5.65 Å². The van der Waals surface area contributed by atoms with Crippen molar-refractivity contribution in [2.45, 2.75) is 12.7 Å². The van der Waals surface area contributed by atoms with E-state index in [0.717, 1.165) is 24.1 Å². The van der Waals surface area contributed by atoms with Crippen LogP contribution in [0.2, 0.25) is 0 Å². The maximum Gasteiger partial charge on any atom is 0.453 e. The van der Waals surface area contributed by atoms with Crippen LogP contribution in [-0.2, 0) is 12.7 Å². The Kier molecular flexibility index (Phi) is 3.00. The first-order valence-electron chi connectivity index (χ1n) is 7.01. The summed E-state index contributed by atoms with van der Waals surface area (Å²) in [6, 6.07) is 3.16. The molecule has 4 rings (SSSR count). The summed E-state index contributed by atoms with van der Waals surface area (Å²) >= 11 is 0. The van der Waals surface area contributed by atoms with Gasteiger partial charge in [-0.3, -0.25) is 0 Å². The Labute approximate surface area is 128 Å². The van der Waals surface area contributed by atoms with E-state index in [2.05, 4.69) is 20.3 Å². The highest BCUT2D eigenvalue weighted by molar-refractivity contribution is 5.47. The lowest BCUT2D eigenvalue weighted by atomic mass is 10.0. The van der Waals surface area contributed by atoms with Crippen LogP contribution >= 0.6 is 0 Å². The van der Waals surface area contributed by atoms with E-state index in [4.69, 9.17) is 0 Å². The van der Waals surface area contributed by atoms with Crippen LogP contribution in [0, 0.1) is 5.92 Å². The van der Waals surface area contributed by atoms with Gasteiger partial charge in [0.15, 0.2) is 5.65 Å². The van der Waals surface area contributed by atoms with Crippen LogP contribution < -0.4 is 4.90 Å². The lowest BCUT2D eigenvalue weighted by Crippen LogP contribution is -2.49. The van der Waals surface area contributed by atoms with Crippen molar-refractivity contribution in [2.24, 2.45) is 5.92 Å². The maximum absolute atomic E-state index is 12.9. The number of rotatable bonds is 3. The van der Waals surface area contributed by atoms with Crippen LogP contribution in [0.25, 0.3) is 5.65 Å². The number of halogens is 3. The van der Waals surface area contributed by atoms with Crippen molar-refractivity contribution in [3.05, 3.63) is 36.7 Å². The molecule has 3 aromatic heterocycles. The Hall–Kier alpha value is -2.65. The number of hydrogen-bond acceptors (Lipinski definition) is 5. The average Bonchev–Trinajstić information content (AvgIpc) is 3.10. The van der Waals surface area contributed by atoms with Crippen LogP contribution in [0.4, 0.5) is 19.0 Å². The van der Waals surface area contributed by atoms with Gasteiger partial charge in [-0.05, 0) is 12.1 Å². The second kappa shape index (κ2) is 4.93. The van der Waals surface area contributed by atoms with Gasteiger partial charge in [0.1, 0.15) is 5.82 Å². The molecule has 10 heteroatoms. The minimum atomic E-state index is -4.58. The van der Waals surface area contributed by atoms with Gasteiger partial charge in [-0.1, -0.05) is 0 Å². The molecule has 0 saturated carbocycles. The molecule has 0 N–H and O–H groups in total. The molecule has 1 saturated heterocycles. The van der Waals surface area contributed by atoms with Crippen molar-refractivity contribution < 1.29 is 13.2 Å². The molecule has 1 aliphatic heterocycles. The summed E-state index contributed by atoms with van der Waals surface area (Å²) in [5, 5.41) is 10.7. The van der Waals surface area contributed by atoms with Crippen molar-refractivity contribution in [1.29, 1.82) is 0 Å². The number of anilines is 1. The molecule has 0 spiro atoms. The lowest BCUT2D eigenvalue weighted by Gasteiger charge is -2.40. The molecule has 0 aliphatic carbocycles. The van der Waals surface area contributed by atoms with Gasteiger partial charge in [-0.2, -0.15) is 17.7 Å². The first-order valence-corrected chi connectivity index (χ1v) is 7.01. The first-order chi connectivity index (χ1) is 11.0. The second-order valence-corrected chi connectivity index (χ2v) is 5.51. The Morgan fingerprint density at radius 1 is 1.17 bits per heavy atom. The fourth-order valence-corrected chi connectivity index (χ4v) is 2.69. The summed E-state index contributed by atoms with van der Waals surface area (Å²) in [4.78, 5) is 5.92. The van der Waals surface area contributed by atoms with Crippen molar-refractivity contribution >= 4 is 11.5 Å². The van der Waals surface area contributed by atoms with E-state index in [9.17, 15) is 13.2 Å². The minimum Gasteiger partial charge on any atom is -0.354 e. The summed E-state index contributed by atoms with van der Waals surface area (Å²) in [5.74, 6) is -0.195. The van der Waals surface area contributed by atoms with Crippen molar-refractivity contribution in [1.82, 2.24) is 29.4 Å². The van der Waals surface area contributed by atoms with Crippen LogP contribution in [0.5, 0.6) is 0 Å². The molecular formula is C13H12F3N7. The third-order valence-corrected chi connectivity index (χ3v) is 3.81. The Bertz CT molecular complexity index is 818. The second-order valence-electron chi connectivity index (χ2n) is 5.51. The van der Waals surface area contributed by atoms with Crippen LogP contribution in [0.3, 0.4) is 0 Å². The van der Waals surface area contributed by atoms with Gasteiger partial charge in [0.2, 0.25) is 0 Å². The van der Waals surface area contributed by atoms with Crippen LogP contribution in [0.1, 0.15) is 5.82 Å². The van der Waals surface area contributed by atoms with Gasteiger partial charge in [-0.15, -0.1) is 15.3 Å². The summed E-state index contributed by atoms with van der Waals surface area (Å²) in [5.41, 5.74) is 0.0802. The molecule has 7 nitrogen and oxygen atoms in total. The van der Waals surface area contributed by atoms with Gasteiger partial charge in [0, 0.05) is 37.9 Å².